The van der Waals surface area contributed by atoms with Crippen molar-refractivity contribution in [1.82, 2.24) is 4.57 Å². The highest BCUT2D eigenvalue weighted by molar-refractivity contribution is 5.76. The van der Waals surface area contributed by atoms with E-state index in [1.165, 1.54) is 0 Å². The SMILES string of the molecule is C=CCCn1c(=O)oc2cc(C=COC)ccc21. The monoisotopic (exact) mass is 245 g/mol. The number of methoxy groups -OCH3 is 1. The number of aryl methyl sites for hydroxylation is 1. The zero-order chi connectivity index (χ0) is 13.0. The largest absolute Gasteiger partial charge is 0.504 e. The predicted molar refractivity (Wildman–Crippen MR) is 71.3 cm³/mol. The fourth-order valence-electron chi connectivity index (χ4n) is 1.77. The highest BCUT2D eigenvalue weighted by Gasteiger charge is 2.08. The second-order valence-corrected chi connectivity index (χ2v) is 3.86. The summed E-state index contributed by atoms with van der Waals surface area (Å²) in [6.45, 7) is 4.23. The molecule has 2 rings (SSSR count). The Hall–Kier alpha value is -2.23. The van der Waals surface area contributed by atoms with E-state index in [2.05, 4.69) is 6.58 Å². The van der Waals surface area contributed by atoms with Gasteiger partial charge in [-0.15, -0.1) is 6.58 Å². The quantitative estimate of drug-likeness (QED) is 0.601. The summed E-state index contributed by atoms with van der Waals surface area (Å²) in [5.41, 5.74) is 2.31. The highest BCUT2D eigenvalue weighted by atomic mass is 16.5. The Morgan fingerprint density at radius 1 is 1.50 bits per heavy atom. The Balaban J connectivity index is 2.44. The first kappa shape index (κ1) is 12.2. The van der Waals surface area contributed by atoms with Crippen molar-refractivity contribution in [3.63, 3.8) is 0 Å². The van der Waals surface area contributed by atoms with Gasteiger partial charge < -0.3 is 9.15 Å². The minimum absolute atomic E-state index is 0.334. The van der Waals surface area contributed by atoms with E-state index >= 15 is 0 Å². The molecule has 0 aliphatic carbocycles. The first-order valence-electron chi connectivity index (χ1n) is 5.70. The molecule has 1 heterocycles. The van der Waals surface area contributed by atoms with Gasteiger partial charge in [-0.25, -0.2) is 4.79 Å². The topological polar surface area (TPSA) is 44.4 Å². The lowest BCUT2D eigenvalue weighted by molar-refractivity contribution is 0.341. The van der Waals surface area contributed by atoms with E-state index in [1.54, 1.807) is 30.1 Å². The summed E-state index contributed by atoms with van der Waals surface area (Å²) in [4.78, 5) is 11.7. The average Bonchev–Trinajstić information content (AvgIpc) is 2.68. The highest BCUT2D eigenvalue weighted by Crippen LogP contribution is 2.16. The Morgan fingerprint density at radius 3 is 3.06 bits per heavy atom. The van der Waals surface area contributed by atoms with Crippen LogP contribution in [0.1, 0.15) is 12.0 Å². The molecule has 1 aromatic carbocycles. The summed E-state index contributed by atoms with van der Waals surface area (Å²) in [6, 6.07) is 5.60. The normalized spacial score (nSPS) is 11.2. The number of oxazole rings is 1. The smallest absolute Gasteiger partial charge is 0.419 e. The second-order valence-electron chi connectivity index (χ2n) is 3.86. The minimum atomic E-state index is -0.334. The Morgan fingerprint density at radius 2 is 2.33 bits per heavy atom. The molecule has 0 bridgehead atoms. The van der Waals surface area contributed by atoms with Crippen LogP contribution in [0.25, 0.3) is 17.2 Å². The molecule has 4 heteroatoms. The lowest BCUT2D eigenvalue weighted by atomic mass is 10.2. The molecule has 0 spiro atoms. The van der Waals surface area contributed by atoms with E-state index in [-0.39, 0.29) is 5.76 Å². The summed E-state index contributed by atoms with van der Waals surface area (Å²) >= 11 is 0. The van der Waals surface area contributed by atoms with Gasteiger partial charge in [-0.1, -0.05) is 12.1 Å². The van der Waals surface area contributed by atoms with Crippen LogP contribution in [-0.4, -0.2) is 11.7 Å². The Kier molecular flexibility index (Phi) is 3.67. The van der Waals surface area contributed by atoms with E-state index in [0.29, 0.717) is 12.1 Å². The maximum absolute atomic E-state index is 11.7. The van der Waals surface area contributed by atoms with Gasteiger partial charge in [-0.05, 0) is 30.2 Å². The zero-order valence-electron chi connectivity index (χ0n) is 10.3. The van der Waals surface area contributed by atoms with Crippen LogP contribution in [0.5, 0.6) is 0 Å². The first-order valence-corrected chi connectivity index (χ1v) is 5.70. The maximum atomic E-state index is 11.7. The van der Waals surface area contributed by atoms with Gasteiger partial charge in [-0.3, -0.25) is 4.57 Å². The second kappa shape index (κ2) is 5.40. The third-order valence-corrected chi connectivity index (χ3v) is 2.65. The number of fused-ring (bicyclic) bond motifs is 1. The number of hydrogen-bond donors (Lipinski definition) is 0. The van der Waals surface area contributed by atoms with Crippen molar-refractivity contribution in [3.8, 4) is 0 Å². The molecule has 0 aliphatic rings. The first-order chi connectivity index (χ1) is 8.76. The molecule has 0 atom stereocenters. The Bertz CT molecular complexity index is 634. The zero-order valence-corrected chi connectivity index (χ0v) is 10.3. The standard InChI is InChI=1S/C14H15NO3/c1-3-4-8-15-12-6-5-11(7-9-17-2)10-13(12)18-14(15)16/h3,5-7,9-10H,1,4,8H2,2H3. The van der Waals surface area contributed by atoms with Gasteiger partial charge in [0.05, 0.1) is 18.9 Å². The summed E-state index contributed by atoms with van der Waals surface area (Å²) in [6.07, 6.45) is 5.90. The van der Waals surface area contributed by atoms with Crippen molar-refractivity contribution in [3.05, 3.63) is 53.2 Å². The van der Waals surface area contributed by atoms with Crippen molar-refractivity contribution in [2.45, 2.75) is 13.0 Å². The van der Waals surface area contributed by atoms with Gasteiger partial charge >= 0.3 is 5.76 Å². The van der Waals surface area contributed by atoms with Crippen LogP contribution in [0.2, 0.25) is 0 Å². The summed E-state index contributed by atoms with van der Waals surface area (Å²) in [5, 5.41) is 0. The van der Waals surface area contributed by atoms with Gasteiger partial charge in [0.25, 0.3) is 0 Å². The third-order valence-electron chi connectivity index (χ3n) is 2.65. The number of hydrogen-bond acceptors (Lipinski definition) is 3. The molecule has 0 aliphatic heterocycles. The summed E-state index contributed by atoms with van der Waals surface area (Å²) in [5.74, 6) is -0.334. The number of nitrogens with zero attached hydrogens (tertiary/aromatic N) is 1. The van der Waals surface area contributed by atoms with Crippen molar-refractivity contribution in [2.75, 3.05) is 7.11 Å². The summed E-state index contributed by atoms with van der Waals surface area (Å²) < 4.78 is 11.7. The maximum Gasteiger partial charge on any atom is 0.419 e. The van der Waals surface area contributed by atoms with Crippen molar-refractivity contribution in [2.24, 2.45) is 0 Å². The van der Waals surface area contributed by atoms with E-state index in [4.69, 9.17) is 9.15 Å². The average molecular weight is 245 g/mol. The number of allylic oxidation sites excluding steroid dienone is 1. The number of rotatable bonds is 5. The molecule has 2 aromatic rings. The lowest BCUT2D eigenvalue weighted by Crippen LogP contribution is -2.13. The lowest BCUT2D eigenvalue weighted by Gasteiger charge is -1.99. The molecule has 0 fully saturated rings. The van der Waals surface area contributed by atoms with E-state index in [1.807, 2.05) is 18.2 Å². The van der Waals surface area contributed by atoms with Crippen LogP contribution < -0.4 is 5.76 Å². The molecular weight excluding hydrogens is 230 g/mol. The molecule has 0 saturated heterocycles. The molecule has 18 heavy (non-hydrogen) atoms. The molecule has 0 radical (unpaired) electrons. The van der Waals surface area contributed by atoms with E-state index < -0.39 is 0 Å². The van der Waals surface area contributed by atoms with Crippen molar-refractivity contribution in [1.29, 1.82) is 0 Å². The van der Waals surface area contributed by atoms with Crippen molar-refractivity contribution < 1.29 is 9.15 Å². The molecule has 0 unspecified atom stereocenters. The van der Waals surface area contributed by atoms with Crippen LogP contribution in [0.3, 0.4) is 0 Å². The molecule has 1 aromatic heterocycles. The fourth-order valence-corrected chi connectivity index (χ4v) is 1.77. The van der Waals surface area contributed by atoms with Crippen LogP contribution in [0.15, 0.2) is 46.3 Å². The third kappa shape index (κ3) is 2.37. The molecule has 94 valence electrons. The molecular formula is C14H15NO3. The number of ether oxygens (including phenoxy) is 1. The molecule has 0 N–H and O–H groups in total. The molecule has 0 saturated carbocycles. The van der Waals surface area contributed by atoms with E-state index in [0.717, 1.165) is 17.5 Å². The minimum Gasteiger partial charge on any atom is -0.504 e. The van der Waals surface area contributed by atoms with E-state index in [9.17, 15) is 4.79 Å². The number of aromatic nitrogens is 1. The molecule has 0 amide bonds. The van der Waals surface area contributed by atoms with Gasteiger partial charge in [0.15, 0.2) is 5.58 Å². The summed E-state index contributed by atoms with van der Waals surface area (Å²) in [7, 11) is 1.58. The number of benzene rings is 1. The van der Waals surface area contributed by atoms with Gasteiger partial charge in [0.2, 0.25) is 0 Å². The molecule has 4 nitrogen and oxygen atoms in total. The van der Waals surface area contributed by atoms with Crippen LogP contribution in [0.4, 0.5) is 0 Å². The van der Waals surface area contributed by atoms with Crippen LogP contribution >= 0.6 is 0 Å². The van der Waals surface area contributed by atoms with Crippen LogP contribution in [0, 0.1) is 0 Å². The predicted octanol–water partition coefficient (Wildman–Crippen LogP) is 2.79. The van der Waals surface area contributed by atoms with Gasteiger partial charge in [0.1, 0.15) is 0 Å². The van der Waals surface area contributed by atoms with Crippen LogP contribution in [-0.2, 0) is 11.3 Å². The van der Waals surface area contributed by atoms with Gasteiger partial charge in [0, 0.05) is 6.54 Å². The Labute approximate surface area is 105 Å². The van der Waals surface area contributed by atoms with Gasteiger partial charge in [-0.2, -0.15) is 0 Å². The fraction of sp³-hybridized carbons (Fsp3) is 0.214. The van der Waals surface area contributed by atoms with Crippen molar-refractivity contribution >= 4 is 17.2 Å².